The number of pyridine rings is 2. The number of rotatable bonds is 4. The number of carbonyl (C=O) groups excluding carboxylic acids is 1. The van der Waals surface area contributed by atoms with Crippen LogP contribution in [0, 0.1) is 0 Å². The Morgan fingerprint density at radius 3 is 2.57 bits per heavy atom. The first-order chi connectivity index (χ1) is 14.7. The van der Waals surface area contributed by atoms with E-state index >= 15 is 0 Å². The van der Waals surface area contributed by atoms with Crippen molar-refractivity contribution in [3.05, 3.63) is 84.8 Å². The quantitative estimate of drug-likeness (QED) is 0.496. The van der Waals surface area contributed by atoms with Crippen LogP contribution in [0.15, 0.2) is 79.3 Å². The molecule has 146 valence electrons. The van der Waals surface area contributed by atoms with Gasteiger partial charge in [-0.3, -0.25) is 9.20 Å². The van der Waals surface area contributed by atoms with Crippen LogP contribution in [0.1, 0.15) is 12.5 Å². The molecule has 0 spiro atoms. The fraction of sp³-hybridized carbons (Fsp3) is 0.0833. The van der Waals surface area contributed by atoms with E-state index in [1.165, 1.54) is 6.92 Å². The van der Waals surface area contributed by atoms with Crippen molar-refractivity contribution < 1.29 is 4.79 Å². The lowest BCUT2D eigenvalue weighted by Gasteiger charge is -2.12. The molecule has 1 amide bonds. The van der Waals surface area contributed by atoms with E-state index < -0.39 is 0 Å². The molecule has 6 nitrogen and oxygen atoms in total. The van der Waals surface area contributed by atoms with Gasteiger partial charge >= 0.3 is 0 Å². The monoisotopic (exact) mass is 393 g/mol. The van der Waals surface area contributed by atoms with Gasteiger partial charge in [-0.05, 0) is 23.3 Å². The van der Waals surface area contributed by atoms with Crippen molar-refractivity contribution in [1.82, 2.24) is 24.9 Å². The molecule has 3 heterocycles. The number of aromatic nitrogens is 4. The van der Waals surface area contributed by atoms with Crippen molar-refractivity contribution in [2.24, 2.45) is 0 Å². The lowest BCUT2D eigenvalue weighted by Crippen LogP contribution is -2.18. The second-order valence-corrected chi connectivity index (χ2v) is 7.17. The number of amides is 1. The molecule has 6 heteroatoms. The predicted octanol–water partition coefficient (Wildman–Crippen LogP) is 4.25. The average molecular weight is 393 g/mol. The van der Waals surface area contributed by atoms with E-state index in [0.29, 0.717) is 6.54 Å². The highest BCUT2D eigenvalue weighted by atomic mass is 16.1. The minimum Gasteiger partial charge on any atom is -0.352 e. The molecule has 0 aliphatic carbocycles. The zero-order chi connectivity index (χ0) is 20.5. The summed E-state index contributed by atoms with van der Waals surface area (Å²) >= 11 is 0. The first-order valence-corrected chi connectivity index (χ1v) is 9.71. The van der Waals surface area contributed by atoms with E-state index in [4.69, 9.17) is 4.98 Å². The number of carbonyl (C=O) groups is 1. The molecule has 0 saturated carbocycles. The summed E-state index contributed by atoms with van der Waals surface area (Å²) in [6.07, 6.45) is 3.62. The molecular formula is C24H19N5O. The molecule has 0 saturated heterocycles. The van der Waals surface area contributed by atoms with Crippen LogP contribution in [0.3, 0.4) is 0 Å². The maximum absolute atomic E-state index is 11.2. The molecule has 1 N–H and O–H groups in total. The molecule has 5 aromatic rings. The van der Waals surface area contributed by atoms with Crippen LogP contribution < -0.4 is 5.32 Å². The average Bonchev–Trinajstić information content (AvgIpc) is 3.27. The smallest absolute Gasteiger partial charge is 0.217 e. The summed E-state index contributed by atoms with van der Waals surface area (Å²) in [6, 6.07) is 22.5. The fourth-order valence-corrected chi connectivity index (χ4v) is 3.59. The molecule has 0 aliphatic rings. The van der Waals surface area contributed by atoms with Gasteiger partial charge in [-0.25, -0.2) is 4.98 Å². The minimum atomic E-state index is -0.0403. The molecule has 30 heavy (non-hydrogen) atoms. The van der Waals surface area contributed by atoms with Gasteiger partial charge in [-0.1, -0.05) is 54.6 Å². The molecule has 3 aromatic heterocycles. The molecule has 0 unspecified atom stereocenters. The zero-order valence-electron chi connectivity index (χ0n) is 16.4. The van der Waals surface area contributed by atoms with E-state index in [2.05, 4.69) is 33.7 Å². The highest BCUT2D eigenvalue weighted by molar-refractivity contribution is 5.98. The van der Waals surface area contributed by atoms with Crippen LogP contribution in [0.2, 0.25) is 0 Å². The Bertz CT molecular complexity index is 1360. The largest absolute Gasteiger partial charge is 0.352 e. The van der Waals surface area contributed by atoms with E-state index in [1.54, 1.807) is 6.33 Å². The second-order valence-electron chi connectivity index (χ2n) is 7.17. The lowest BCUT2D eigenvalue weighted by molar-refractivity contribution is -0.119. The predicted molar refractivity (Wildman–Crippen MR) is 117 cm³/mol. The summed E-state index contributed by atoms with van der Waals surface area (Å²) in [7, 11) is 0. The topological polar surface area (TPSA) is 72.2 Å². The fourth-order valence-electron chi connectivity index (χ4n) is 3.59. The summed E-state index contributed by atoms with van der Waals surface area (Å²) in [4.78, 5) is 16.2. The van der Waals surface area contributed by atoms with Crippen LogP contribution in [-0.2, 0) is 11.3 Å². The number of nitrogens with one attached hydrogen (secondary N) is 1. The Morgan fingerprint density at radius 2 is 1.80 bits per heavy atom. The van der Waals surface area contributed by atoms with Gasteiger partial charge in [0.25, 0.3) is 0 Å². The highest BCUT2D eigenvalue weighted by Gasteiger charge is 2.14. The van der Waals surface area contributed by atoms with Gasteiger partial charge < -0.3 is 5.32 Å². The summed E-state index contributed by atoms with van der Waals surface area (Å²) < 4.78 is 1.90. The number of hydrogen-bond acceptors (Lipinski definition) is 4. The van der Waals surface area contributed by atoms with Crippen molar-refractivity contribution in [3.63, 3.8) is 0 Å². The van der Waals surface area contributed by atoms with Gasteiger partial charge in [0.2, 0.25) is 5.91 Å². The zero-order valence-corrected chi connectivity index (χ0v) is 16.4. The Kier molecular flexibility index (Phi) is 4.44. The van der Waals surface area contributed by atoms with Crippen LogP contribution in [0.5, 0.6) is 0 Å². The van der Waals surface area contributed by atoms with Gasteiger partial charge in [-0.15, -0.1) is 10.2 Å². The SMILES string of the molecule is CC(=O)NCc1ccc(-c2nc3ccn4cnnc4c3cc2-c2ccccc2)cc1. The van der Waals surface area contributed by atoms with Crippen molar-refractivity contribution in [2.45, 2.75) is 13.5 Å². The lowest BCUT2D eigenvalue weighted by atomic mass is 9.97. The molecule has 0 aliphatic heterocycles. The number of hydrogen-bond donors (Lipinski definition) is 1. The van der Waals surface area contributed by atoms with E-state index in [9.17, 15) is 4.79 Å². The Balaban J connectivity index is 1.68. The normalized spacial score (nSPS) is 11.1. The molecule has 0 bridgehead atoms. The number of nitrogens with zero attached hydrogens (tertiary/aromatic N) is 4. The van der Waals surface area contributed by atoms with Crippen molar-refractivity contribution in [1.29, 1.82) is 0 Å². The minimum absolute atomic E-state index is 0.0403. The standard InChI is InChI=1S/C24H19N5O/c1-16(30)25-14-17-7-9-19(10-8-17)23-20(18-5-3-2-4-6-18)13-21-22(27-23)11-12-29-15-26-28-24(21)29/h2-13,15H,14H2,1H3,(H,25,30). The van der Waals surface area contributed by atoms with Gasteiger partial charge in [0.05, 0.1) is 11.2 Å². The third-order valence-electron chi connectivity index (χ3n) is 5.11. The molecule has 2 aromatic carbocycles. The van der Waals surface area contributed by atoms with Gasteiger partial charge in [0.15, 0.2) is 5.65 Å². The number of benzene rings is 2. The summed E-state index contributed by atoms with van der Waals surface area (Å²) in [5.41, 5.74) is 6.75. The van der Waals surface area contributed by atoms with Gasteiger partial charge in [0, 0.05) is 36.2 Å². The molecule has 0 atom stereocenters. The van der Waals surface area contributed by atoms with Crippen LogP contribution >= 0.6 is 0 Å². The van der Waals surface area contributed by atoms with Crippen LogP contribution in [0.4, 0.5) is 0 Å². The third-order valence-corrected chi connectivity index (χ3v) is 5.11. The van der Waals surface area contributed by atoms with Gasteiger partial charge in [-0.2, -0.15) is 0 Å². The molecular weight excluding hydrogens is 374 g/mol. The van der Waals surface area contributed by atoms with E-state index in [-0.39, 0.29) is 5.91 Å². The van der Waals surface area contributed by atoms with Crippen molar-refractivity contribution >= 4 is 22.5 Å². The van der Waals surface area contributed by atoms with Crippen LogP contribution in [0.25, 0.3) is 38.9 Å². The van der Waals surface area contributed by atoms with Gasteiger partial charge in [0.1, 0.15) is 6.33 Å². The molecule has 5 rings (SSSR count). The Labute approximate surface area is 173 Å². The first kappa shape index (κ1) is 18.0. The van der Waals surface area contributed by atoms with Crippen LogP contribution in [-0.4, -0.2) is 25.5 Å². The Hall–Kier alpha value is -4.06. The van der Waals surface area contributed by atoms with Crippen molar-refractivity contribution in [2.75, 3.05) is 0 Å². The summed E-state index contributed by atoms with van der Waals surface area (Å²) in [5.74, 6) is -0.0403. The summed E-state index contributed by atoms with van der Waals surface area (Å²) in [6.45, 7) is 2.03. The summed E-state index contributed by atoms with van der Waals surface area (Å²) in [5, 5.41) is 12.1. The van der Waals surface area contributed by atoms with Crippen molar-refractivity contribution in [3.8, 4) is 22.4 Å². The maximum Gasteiger partial charge on any atom is 0.217 e. The third kappa shape index (κ3) is 3.28. The molecule has 0 radical (unpaired) electrons. The number of fused-ring (bicyclic) bond motifs is 3. The second kappa shape index (κ2) is 7.40. The molecule has 0 fully saturated rings. The first-order valence-electron chi connectivity index (χ1n) is 9.71. The van der Waals surface area contributed by atoms with E-state index in [0.717, 1.165) is 44.5 Å². The van der Waals surface area contributed by atoms with E-state index in [1.807, 2.05) is 59.1 Å². The highest BCUT2D eigenvalue weighted by Crippen LogP contribution is 2.34. The maximum atomic E-state index is 11.2. The Morgan fingerprint density at radius 1 is 1.00 bits per heavy atom.